The number of carbonyl (C=O) groups is 1. The molecule has 1 unspecified atom stereocenters. The van der Waals surface area contributed by atoms with E-state index < -0.39 is 21.3 Å². The molecule has 1 spiro atoms. The van der Waals surface area contributed by atoms with Crippen molar-refractivity contribution in [3.8, 4) is 5.75 Å². The highest BCUT2D eigenvalue weighted by Crippen LogP contribution is 2.42. The second-order valence-corrected chi connectivity index (χ2v) is 8.64. The number of amides is 1. The lowest BCUT2D eigenvalue weighted by Gasteiger charge is -2.23. The van der Waals surface area contributed by atoms with Crippen molar-refractivity contribution < 1.29 is 27.1 Å². The summed E-state index contributed by atoms with van der Waals surface area (Å²) < 4.78 is 50.8. The van der Waals surface area contributed by atoms with Gasteiger partial charge in [-0.3, -0.25) is 4.79 Å². The minimum absolute atomic E-state index is 0.0124. The number of likely N-dealkylation sites (tertiary alicyclic amines) is 1. The minimum atomic E-state index is -3.87. The molecule has 2 heterocycles. The molecule has 26 heavy (non-hydrogen) atoms. The molecule has 1 aromatic carbocycles. The zero-order valence-electron chi connectivity index (χ0n) is 14.9. The van der Waals surface area contributed by atoms with Gasteiger partial charge in [0.05, 0.1) is 24.0 Å². The lowest BCUT2D eigenvalue weighted by molar-refractivity contribution is -0.135. The van der Waals surface area contributed by atoms with Crippen LogP contribution in [0.15, 0.2) is 23.1 Å². The first kappa shape index (κ1) is 19.1. The Morgan fingerprint density at radius 3 is 2.62 bits per heavy atom. The molecule has 144 valence electrons. The fourth-order valence-corrected chi connectivity index (χ4v) is 5.22. The largest absolute Gasteiger partial charge is 0.494 e. The molecule has 1 atom stereocenters. The van der Waals surface area contributed by atoms with Crippen molar-refractivity contribution >= 4 is 15.9 Å². The summed E-state index contributed by atoms with van der Waals surface area (Å²) >= 11 is 0. The van der Waals surface area contributed by atoms with Crippen molar-refractivity contribution in [3.63, 3.8) is 0 Å². The van der Waals surface area contributed by atoms with E-state index in [4.69, 9.17) is 9.47 Å². The number of nitrogens with zero attached hydrogens (tertiary/aromatic N) is 2. The first-order valence-corrected chi connectivity index (χ1v) is 9.90. The molecule has 9 heteroatoms. The van der Waals surface area contributed by atoms with E-state index in [0.717, 1.165) is 6.07 Å². The summed E-state index contributed by atoms with van der Waals surface area (Å²) in [6.07, 6.45) is 1.10. The van der Waals surface area contributed by atoms with E-state index in [2.05, 4.69) is 0 Å². The highest BCUT2D eigenvalue weighted by Gasteiger charge is 2.52. The van der Waals surface area contributed by atoms with Crippen molar-refractivity contribution in [2.45, 2.75) is 17.7 Å². The zero-order valence-corrected chi connectivity index (χ0v) is 15.7. The molecular formula is C17H23FN2O5S. The van der Waals surface area contributed by atoms with Gasteiger partial charge >= 0.3 is 0 Å². The number of halogens is 1. The predicted molar refractivity (Wildman–Crippen MR) is 91.8 cm³/mol. The van der Waals surface area contributed by atoms with Crippen LogP contribution in [0.1, 0.15) is 12.8 Å². The molecule has 2 saturated heterocycles. The van der Waals surface area contributed by atoms with Crippen molar-refractivity contribution in [2.75, 3.05) is 47.0 Å². The maximum absolute atomic E-state index is 13.9. The summed E-state index contributed by atoms with van der Waals surface area (Å²) in [5.74, 6) is -0.764. The average molecular weight is 386 g/mol. The Balaban J connectivity index is 1.78. The van der Waals surface area contributed by atoms with Gasteiger partial charge in [-0.25, -0.2) is 12.8 Å². The Morgan fingerprint density at radius 2 is 1.96 bits per heavy atom. The van der Waals surface area contributed by atoms with Gasteiger partial charge in [-0.05, 0) is 31.0 Å². The summed E-state index contributed by atoms with van der Waals surface area (Å²) in [6.45, 7) is 1.95. The van der Waals surface area contributed by atoms with E-state index in [-0.39, 0.29) is 29.6 Å². The molecular weight excluding hydrogens is 363 g/mol. The van der Waals surface area contributed by atoms with Crippen LogP contribution in [0.25, 0.3) is 0 Å². The molecule has 0 aromatic heterocycles. The van der Waals surface area contributed by atoms with Gasteiger partial charge < -0.3 is 14.4 Å². The van der Waals surface area contributed by atoms with E-state index >= 15 is 0 Å². The molecule has 2 aliphatic heterocycles. The number of rotatable bonds is 6. The number of ether oxygens (including phenoxy) is 2. The number of hydrogen-bond donors (Lipinski definition) is 0. The third kappa shape index (κ3) is 3.19. The summed E-state index contributed by atoms with van der Waals surface area (Å²) in [7, 11) is -0.970. The summed E-state index contributed by atoms with van der Waals surface area (Å²) in [5, 5.41) is 0. The minimum Gasteiger partial charge on any atom is -0.494 e. The number of carbonyl (C=O) groups excluding carboxylic acids is 1. The molecule has 0 saturated carbocycles. The van der Waals surface area contributed by atoms with Crippen molar-refractivity contribution in [2.24, 2.45) is 5.41 Å². The number of benzene rings is 1. The van der Waals surface area contributed by atoms with Gasteiger partial charge in [0.1, 0.15) is 0 Å². The molecule has 0 aliphatic carbocycles. The fraction of sp³-hybridized carbons (Fsp3) is 0.588. The molecule has 1 amide bonds. The normalized spacial score (nSPS) is 24.0. The first-order valence-electron chi connectivity index (χ1n) is 8.46. The first-order chi connectivity index (χ1) is 12.3. The van der Waals surface area contributed by atoms with Gasteiger partial charge in [-0.15, -0.1) is 0 Å². The van der Waals surface area contributed by atoms with Crippen LogP contribution >= 0.6 is 0 Å². The van der Waals surface area contributed by atoms with Gasteiger partial charge in [0.2, 0.25) is 15.9 Å². The Kier molecular flexibility index (Phi) is 5.23. The van der Waals surface area contributed by atoms with Crippen molar-refractivity contribution in [1.82, 2.24) is 9.21 Å². The molecule has 1 aromatic rings. The lowest BCUT2D eigenvalue weighted by atomic mass is 9.86. The summed E-state index contributed by atoms with van der Waals surface area (Å²) in [5.41, 5.74) is -0.675. The number of methoxy groups -OCH3 is 2. The van der Waals surface area contributed by atoms with E-state index in [0.29, 0.717) is 32.5 Å². The summed E-state index contributed by atoms with van der Waals surface area (Å²) in [4.78, 5) is 14.4. The lowest BCUT2D eigenvalue weighted by Crippen LogP contribution is -2.39. The Hall–Kier alpha value is -1.71. The molecule has 0 radical (unpaired) electrons. The van der Waals surface area contributed by atoms with E-state index in [1.807, 2.05) is 0 Å². The highest BCUT2D eigenvalue weighted by atomic mass is 32.2. The zero-order chi connectivity index (χ0) is 18.9. The van der Waals surface area contributed by atoms with Crippen molar-refractivity contribution in [1.29, 1.82) is 0 Å². The van der Waals surface area contributed by atoms with E-state index in [1.165, 1.54) is 23.5 Å². The quantitative estimate of drug-likeness (QED) is 0.732. The topological polar surface area (TPSA) is 76.2 Å². The van der Waals surface area contributed by atoms with Crippen LogP contribution in [0.3, 0.4) is 0 Å². The van der Waals surface area contributed by atoms with Gasteiger partial charge in [0.25, 0.3) is 0 Å². The summed E-state index contributed by atoms with van der Waals surface area (Å²) in [6, 6.07) is 3.57. The second kappa shape index (κ2) is 7.13. The molecule has 7 nitrogen and oxygen atoms in total. The Morgan fingerprint density at radius 1 is 1.23 bits per heavy atom. The van der Waals surface area contributed by atoms with Crippen LogP contribution in [0.4, 0.5) is 4.39 Å². The molecule has 0 bridgehead atoms. The van der Waals surface area contributed by atoms with Gasteiger partial charge in [-0.1, -0.05) is 0 Å². The van der Waals surface area contributed by atoms with Crippen molar-refractivity contribution in [3.05, 3.63) is 24.0 Å². The molecule has 3 rings (SSSR count). The second-order valence-electron chi connectivity index (χ2n) is 6.70. The standard InChI is InChI=1S/C17H23FN2O5S/c1-24-10-9-19-7-5-17(16(19)21)6-8-20(12-17)26(22,23)13-3-4-15(25-2)14(18)11-13/h3-4,11H,5-10,12H2,1-2H3. The van der Waals surface area contributed by atoms with Crippen LogP contribution in [0.2, 0.25) is 0 Å². The van der Waals surface area contributed by atoms with Gasteiger partial charge in [0, 0.05) is 33.3 Å². The number of sulfonamides is 1. The fourth-order valence-electron chi connectivity index (χ4n) is 3.68. The van der Waals surface area contributed by atoms with Gasteiger partial charge in [0.15, 0.2) is 11.6 Å². The maximum atomic E-state index is 13.9. The SMILES string of the molecule is COCCN1CCC2(CCN(S(=O)(=O)c3ccc(OC)c(F)c3)C2)C1=O. The van der Waals surface area contributed by atoms with Crippen LogP contribution in [-0.4, -0.2) is 70.5 Å². The Labute approximate surface area is 152 Å². The third-order valence-corrected chi connectivity index (χ3v) is 7.09. The van der Waals surface area contributed by atoms with Crippen LogP contribution in [0.5, 0.6) is 5.75 Å². The monoisotopic (exact) mass is 386 g/mol. The maximum Gasteiger partial charge on any atom is 0.243 e. The van der Waals surface area contributed by atoms with Crippen LogP contribution in [-0.2, 0) is 19.6 Å². The average Bonchev–Trinajstić information content (AvgIpc) is 3.19. The molecule has 2 fully saturated rings. The number of hydrogen-bond acceptors (Lipinski definition) is 5. The molecule has 2 aliphatic rings. The van der Waals surface area contributed by atoms with Gasteiger partial charge in [-0.2, -0.15) is 4.31 Å². The smallest absolute Gasteiger partial charge is 0.243 e. The van der Waals surface area contributed by atoms with E-state index in [1.54, 1.807) is 12.0 Å². The van der Waals surface area contributed by atoms with Crippen LogP contribution < -0.4 is 4.74 Å². The Bertz CT molecular complexity index is 800. The predicted octanol–water partition coefficient (Wildman–Crippen LogP) is 1.09. The third-order valence-electron chi connectivity index (χ3n) is 5.25. The molecule has 0 N–H and O–H groups in total. The van der Waals surface area contributed by atoms with E-state index in [9.17, 15) is 17.6 Å². The highest BCUT2D eigenvalue weighted by molar-refractivity contribution is 7.89. The van der Waals surface area contributed by atoms with Crippen LogP contribution in [0, 0.1) is 11.2 Å².